The molecule has 7 nitrogen and oxygen atoms in total. The lowest BCUT2D eigenvalue weighted by Gasteiger charge is -2.50. The fourth-order valence-electron chi connectivity index (χ4n) is 23.5. The monoisotopic (exact) mass is 1750 g/mol. The van der Waals surface area contributed by atoms with E-state index < -0.39 is 0 Å². The molecule has 0 aromatic heterocycles. The summed E-state index contributed by atoms with van der Waals surface area (Å²) in [5.74, 6) is 0.726. The molecule has 0 saturated carbocycles. The minimum Gasteiger partial charge on any atom is -0.393 e. The summed E-state index contributed by atoms with van der Waals surface area (Å²) in [6, 6.07) is 134. The smallest absolute Gasteiger partial charge is 0.0576 e. The van der Waals surface area contributed by atoms with Gasteiger partial charge < -0.3 is 15.5 Å². The Balaban J connectivity index is 0.000000120. The number of benzene rings is 15. The maximum absolute atomic E-state index is 9.80. The molecule has 0 amide bonds. The Morgan fingerprint density at radius 1 is 0.323 bits per heavy atom. The molecule has 0 bridgehead atoms. The van der Waals surface area contributed by atoms with E-state index >= 15 is 0 Å². The van der Waals surface area contributed by atoms with Crippen LogP contribution in [0.1, 0.15) is 258 Å². The van der Waals surface area contributed by atoms with Crippen molar-refractivity contribution in [2.45, 2.75) is 218 Å². The second kappa shape index (κ2) is 38.1. The lowest BCUT2D eigenvalue weighted by atomic mass is 9.59. The molecule has 0 radical (unpaired) electrons. The molecule has 7 heteroatoms. The minimum atomic E-state index is -0.355. The number of aliphatic hydroxyl groups excluding tert-OH is 1. The van der Waals surface area contributed by atoms with E-state index in [0.717, 1.165) is 19.3 Å². The van der Waals surface area contributed by atoms with Gasteiger partial charge in [-0.3, -0.25) is 0 Å². The van der Waals surface area contributed by atoms with Gasteiger partial charge in [0, 0.05) is 50.7 Å². The standard InChI is InChI=1S/C33H22.C32H24.C22H20.C21H26.C9H19NO2.C9H19NO.N2/c1-2-12-22(13-3-1)31(32-27-18-8-4-14-23(27)24-15-5-9-19-28(24)32)33-29-20-10-6-16-25(29)26-17-7-11-21-30(26)33;1-4-14-24(15-5-1)32(25-16-6-2-7-17-25,26-18-8-3-9-19-26)31-29-22-12-10-20-27(29)28-21-11-13-23-30(28)31;1-14-12-15(2)21(16(3)13-14)22-19-10-6-4-8-17(19)18-9-5-7-11-20(18)22;1-20(2,3)18-11-7-9-14-15-10-8-12-19(21(4,5)6)17(15)13-16(14)18;1-8(2)5-7(11)6-9(3,4)10(8)12;1-8(2)6-5-7-9(3,4)10(8)11;1-2/h1-21,32H;1-23,31H;4-13,22H,1-3H3;7-12H,13H2,1-6H3;7,11-12H,5-6H2,1-4H3;11H,5-7H2,1-4H3;. The van der Waals surface area contributed by atoms with Crippen LogP contribution in [0, 0.1) is 31.6 Å². The van der Waals surface area contributed by atoms with Crippen LogP contribution in [-0.4, -0.2) is 53.9 Å². The van der Waals surface area contributed by atoms with Crippen molar-refractivity contribution in [1.82, 2.24) is 10.1 Å². The minimum absolute atomic E-state index is 0.0399. The third kappa shape index (κ3) is 18.1. The number of aliphatic hydroxyl groups is 1. The third-order valence-corrected chi connectivity index (χ3v) is 28.9. The zero-order chi connectivity index (χ0) is 94.1. The molecule has 0 atom stereocenters. The lowest BCUT2D eigenvalue weighted by Crippen LogP contribution is -2.60. The van der Waals surface area contributed by atoms with Crippen LogP contribution in [0.5, 0.6) is 0 Å². The largest absolute Gasteiger partial charge is 0.393 e. The van der Waals surface area contributed by atoms with Gasteiger partial charge in [-0.15, -0.1) is 0 Å². The Morgan fingerprint density at radius 2 is 0.609 bits per heavy atom. The summed E-state index contributed by atoms with van der Waals surface area (Å²) in [6.45, 7) is 36.7. The maximum atomic E-state index is 9.80. The third-order valence-electron chi connectivity index (χ3n) is 28.9. The molecule has 133 heavy (non-hydrogen) atoms. The van der Waals surface area contributed by atoms with Crippen molar-refractivity contribution in [3.63, 3.8) is 0 Å². The highest BCUT2D eigenvalue weighted by molar-refractivity contribution is 6.13. The summed E-state index contributed by atoms with van der Waals surface area (Å²) >= 11 is 0. The van der Waals surface area contributed by atoms with Crippen molar-refractivity contribution in [3.8, 4) is 55.6 Å². The molecule has 2 fully saturated rings. The Bertz CT molecular complexity index is 6340. The molecule has 2 heterocycles. The van der Waals surface area contributed by atoms with Gasteiger partial charge in [0.1, 0.15) is 0 Å². The molecular formula is C126H130N4O3. The summed E-state index contributed by atoms with van der Waals surface area (Å²) < 4.78 is 0. The van der Waals surface area contributed by atoms with Crippen LogP contribution in [0.2, 0.25) is 0 Å². The lowest BCUT2D eigenvalue weighted by molar-refractivity contribution is -0.257. The first kappa shape index (κ1) is 93.5. The van der Waals surface area contributed by atoms with Crippen molar-refractivity contribution in [3.05, 3.63) is 475 Å². The topological polar surface area (TPSA) is 115 Å². The summed E-state index contributed by atoms with van der Waals surface area (Å²) in [5, 5.41) is 44.0. The van der Waals surface area contributed by atoms with Crippen molar-refractivity contribution in [1.29, 1.82) is 10.8 Å². The quantitative estimate of drug-likeness (QED) is 0.108. The van der Waals surface area contributed by atoms with E-state index in [1.54, 1.807) is 0 Å². The van der Waals surface area contributed by atoms with Crippen LogP contribution in [0.3, 0.4) is 0 Å². The number of aryl methyl sites for hydroxylation is 3. The van der Waals surface area contributed by atoms with Gasteiger partial charge in [0.2, 0.25) is 0 Å². The molecule has 5 aliphatic carbocycles. The average molecular weight is 1750 g/mol. The van der Waals surface area contributed by atoms with Crippen molar-refractivity contribution in [2.24, 2.45) is 0 Å². The Kier molecular flexibility index (Phi) is 26.8. The number of piperidine rings is 2. The first-order chi connectivity index (χ1) is 63.8. The molecule has 15 aromatic carbocycles. The molecule has 3 N–H and O–H groups in total. The van der Waals surface area contributed by atoms with Crippen LogP contribution in [0.4, 0.5) is 0 Å². The van der Waals surface area contributed by atoms with Crippen molar-refractivity contribution < 1.29 is 15.5 Å². The number of nitrogens with zero attached hydrogens (tertiary/aromatic N) is 4. The van der Waals surface area contributed by atoms with Gasteiger partial charge in [-0.2, -0.15) is 10.1 Å². The van der Waals surface area contributed by atoms with Gasteiger partial charge >= 0.3 is 0 Å². The second-order valence-corrected chi connectivity index (χ2v) is 41.9. The van der Waals surface area contributed by atoms with E-state index in [1.807, 2.05) is 27.7 Å². The first-order valence-corrected chi connectivity index (χ1v) is 47.7. The van der Waals surface area contributed by atoms with Gasteiger partial charge in [0.05, 0.1) is 11.5 Å². The molecule has 0 spiro atoms. The summed E-state index contributed by atoms with van der Waals surface area (Å²) in [7, 11) is 0. The van der Waals surface area contributed by atoms with Crippen LogP contribution in [0.15, 0.2) is 364 Å². The predicted octanol–water partition coefficient (Wildman–Crippen LogP) is 31.7. The number of rotatable bonds is 7. The van der Waals surface area contributed by atoms with Crippen LogP contribution in [-0.2, 0) is 22.7 Å². The van der Waals surface area contributed by atoms with Crippen molar-refractivity contribution >= 4 is 11.1 Å². The molecule has 22 rings (SSSR count). The number of allylic oxidation sites excluding steroid dienone is 1. The number of hydrogen-bond donors (Lipinski definition) is 3. The van der Waals surface area contributed by atoms with E-state index in [2.05, 4.69) is 454 Å². The highest BCUT2D eigenvalue weighted by Crippen LogP contribution is 2.61. The van der Waals surface area contributed by atoms with Crippen molar-refractivity contribution in [2.75, 3.05) is 0 Å². The van der Waals surface area contributed by atoms with Gasteiger partial charge in [-0.1, -0.05) is 411 Å². The molecule has 15 aromatic rings. The molecule has 672 valence electrons. The summed E-state index contributed by atoms with van der Waals surface area (Å²) in [5.41, 5.74) is 43.9. The highest BCUT2D eigenvalue weighted by atomic mass is 16.5. The average Bonchev–Trinajstić information content (AvgIpc) is 1.57. The van der Waals surface area contributed by atoms with E-state index in [-0.39, 0.29) is 56.3 Å². The maximum Gasteiger partial charge on any atom is 0.0576 e. The van der Waals surface area contributed by atoms with Gasteiger partial charge in [0.25, 0.3) is 0 Å². The predicted molar refractivity (Wildman–Crippen MR) is 553 cm³/mol. The van der Waals surface area contributed by atoms with Crippen LogP contribution in [0.25, 0.3) is 66.8 Å². The molecule has 2 saturated heterocycles. The Hall–Kier alpha value is -12.7. The fourth-order valence-corrected chi connectivity index (χ4v) is 23.5. The van der Waals surface area contributed by atoms with Gasteiger partial charge in [-0.05, 0) is 298 Å². The second-order valence-electron chi connectivity index (χ2n) is 41.9. The van der Waals surface area contributed by atoms with Crippen LogP contribution < -0.4 is 0 Å². The van der Waals surface area contributed by atoms with Gasteiger partial charge in [0.15, 0.2) is 0 Å². The SMILES string of the molecule is CC(C)(C)c1cccc2c1Cc1c-2cccc1C(C)(C)C.CC1(C)CC(O)CC(C)(C)N1O.CC1(C)CCCC(C)(C)N1O.Cc1cc(C)c(C2c3ccccc3-c3ccccc32)c(C)c1.N#N.c1ccc(C(=C2c3ccccc3-c3ccccc32)C2c3ccccc3-c3ccccc32)cc1.c1ccc(C(c2ccccc2)(c2ccccc2)C2c3ccccc3-c3ccccc32)cc1. The van der Waals surface area contributed by atoms with E-state index in [4.69, 9.17) is 10.8 Å². The fraction of sp³-hybridized carbons (Fsp3) is 0.270. The summed E-state index contributed by atoms with van der Waals surface area (Å²) in [6.07, 6.45) is 5.46. The molecule has 2 aliphatic heterocycles. The number of hydroxylamine groups is 4. The highest BCUT2D eigenvalue weighted by Gasteiger charge is 2.50. The molecular weight excluding hydrogens is 1620 g/mol. The molecule has 7 aliphatic rings. The van der Waals surface area contributed by atoms with E-state index in [1.165, 1.54) is 195 Å². The number of fused-ring (bicyclic) bond motifs is 15. The molecule has 0 unspecified atom stereocenters. The zero-order valence-corrected chi connectivity index (χ0v) is 80.8. The normalized spacial score (nSPS) is 16.0. The zero-order valence-electron chi connectivity index (χ0n) is 80.8. The van der Waals surface area contributed by atoms with E-state index in [0.29, 0.717) is 18.8 Å². The first-order valence-electron chi connectivity index (χ1n) is 47.7. The summed E-state index contributed by atoms with van der Waals surface area (Å²) in [4.78, 5) is 0. The van der Waals surface area contributed by atoms with Crippen LogP contribution >= 0.6 is 0 Å². The number of hydrogen-bond acceptors (Lipinski definition) is 7. The van der Waals surface area contributed by atoms with Gasteiger partial charge in [-0.25, -0.2) is 0 Å². The Morgan fingerprint density at radius 3 is 0.962 bits per heavy atom. The van der Waals surface area contributed by atoms with E-state index in [9.17, 15) is 15.5 Å². The Labute approximate surface area is 791 Å².